The molecule has 2 unspecified atom stereocenters. The standard InChI is InChI=1S/C18H18F4N6O4/c19-13(20)7-32-14(29)3-9-6-27(8-18(9,21)22)12-4-11(26-28-2-1-23-15(12)28)10-5-24-17(31)25-16(10)30/h1-2,4,9-10,13H,3,5-8H2,(H2,24,25,30,31). The molecule has 2 fully saturated rings. The molecule has 2 aromatic rings. The first-order chi connectivity index (χ1) is 15.1. The summed E-state index contributed by atoms with van der Waals surface area (Å²) in [6.45, 7) is -2.19. The second kappa shape index (κ2) is 8.24. The molecule has 2 aromatic heterocycles. The number of imide groups is 1. The molecule has 0 bridgehead atoms. The van der Waals surface area contributed by atoms with Crippen molar-refractivity contribution in [1.82, 2.24) is 25.2 Å². The highest BCUT2D eigenvalue weighted by molar-refractivity contribution is 6.00. The molecule has 10 nitrogen and oxygen atoms in total. The fourth-order valence-corrected chi connectivity index (χ4v) is 3.75. The number of nitrogens with one attached hydrogen (secondary N) is 2. The molecule has 2 saturated heterocycles. The second-order valence-electron chi connectivity index (χ2n) is 7.52. The molecule has 2 aliphatic heterocycles. The van der Waals surface area contributed by atoms with Crippen LogP contribution < -0.4 is 15.5 Å². The lowest BCUT2D eigenvalue weighted by Crippen LogP contribution is -2.51. The molecule has 0 radical (unpaired) electrons. The maximum atomic E-state index is 14.6. The summed E-state index contributed by atoms with van der Waals surface area (Å²) in [5, 5.41) is 8.90. The minimum Gasteiger partial charge on any atom is -0.460 e. The third kappa shape index (κ3) is 4.29. The van der Waals surface area contributed by atoms with E-state index in [-0.39, 0.29) is 30.1 Å². The summed E-state index contributed by atoms with van der Waals surface area (Å²) in [6.07, 6.45) is -0.721. The third-order valence-electron chi connectivity index (χ3n) is 5.30. The number of carbonyl (C=O) groups is 3. The van der Waals surface area contributed by atoms with Gasteiger partial charge < -0.3 is 15.0 Å². The number of amides is 3. The fourth-order valence-electron chi connectivity index (χ4n) is 3.75. The number of esters is 1. The van der Waals surface area contributed by atoms with Crippen molar-refractivity contribution in [3.8, 4) is 0 Å². The summed E-state index contributed by atoms with van der Waals surface area (Å²) < 4.78 is 59.3. The van der Waals surface area contributed by atoms with Crippen LogP contribution >= 0.6 is 0 Å². The van der Waals surface area contributed by atoms with E-state index in [0.29, 0.717) is 0 Å². The van der Waals surface area contributed by atoms with Gasteiger partial charge in [-0.1, -0.05) is 0 Å². The normalized spacial score (nSPS) is 22.8. The summed E-state index contributed by atoms with van der Waals surface area (Å²) in [6, 6.07) is 0.799. The Hall–Kier alpha value is -3.45. The summed E-state index contributed by atoms with van der Waals surface area (Å²) >= 11 is 0. The molecule has 172 valence electrons. The number of hydrogen-bond acceptors (Lipinski definition) is 7. The smallest absolute Gasteiger partial charge is 0.321 e. The van der Waals surface area contributed by atoms with Crippen LogP contribution in [0.3, 0.4) is 0 Å². The fraction of sp³-hybridized carbons (Fsp3) is 0.500. The van der Waals surface area contributed by atoms with Gasteiger partial charge in [-0.25, -0.2) is 31.9 Å². The lowest BCUT2D eigenvalue weighted by atomic mass is 10.0. The number of halogens is 4. The van der Waals surface area contributed by atoms with Crippen LogP contribution in [-0.4, -0.2) is 71.1 Å². The largest absolute Gasteiger partial charge is 0.460 e. The Kier molecular flexibility index (Phi) is 5.60. The van der Waals surface area contributed by atoms with Crippen LogP contribution in [0.15, 0.2) is 18.5 Å². The highest BCUT2D eigenvalue weighted by Gasteiger charge is 2.49. The first-order valence-corrected chi connectivity index (χ1v) is 9.63. The van der Waals surface area contributed by atoms with Gasteiger partial charge in [0.15, 0.2) is 12.3 Å². The van der Waals surface area contributed by atoms with Gasteiger partial charge in [0.25, 0.3) is 12.3 Å². The van der Waals surface area contributed by atoms with Crippen molar-refractivity contribution in [3.05, 3.63) is 24.2 Å². The highest BCUT2D eigenvalue weighted by atomic mass is 19.3. The van der Waals surface area contributed by atoms with E-state index in [1.807, 2.05) is 0 Å². The predicted molar refractivity (Wildman–Crippen MR) is 99.5 cm³/mol. The first-order valence-electron chi connectivity index (χ1n) is 9.63. The van der Waals surface area contributed by atoms with Crippen molar-refractivity contribution in [1.29, 1.82) is 0 Å². The summed E-state index contributed by atoms with van der Waals surface area (Å²) in [4.78, 5) is 40.7. The maximum absolute atomic E-state index is 14.6. The van der Waals surface area contributed by atoms with E-state index >= 15 is 0 Å². The van der Waals surface area contributed by atoms with Crippen LogP contribution in [-0.2, 0) is 14.3 Å². The number of fused-ring (bicyclic) bond motifs is 1. The van der Waals surface area contributed by atoms with E-state index in [9.17, 15) is 31.9 Å². The predicted octanol–water partition coefficient (Wildman–Crippen LogP) is 0.922. The molecular formula is C18H18F4N6O4. The van der Waals surface area contributed by atoms with Gasteiger partial charge in [-0.05, 0) is 6.07 Å². The first kappa shape index (κ1) is 21.8. The summed E-state index contributed by atoms with van der Waals surface area (Å²) in [5.41, 5.74) is 0.740. The molecule has 32 heavy (non-hydrogen) atoms. The number of hydrogen-bond donors (Lipinski definition) is 2. The van der Waals surface area contributed by atoms with Crippen molar-refractivity contribution >= 4 is 29.2 Å². The van der Waals surface area contributed by atoms with Crippen LogP contribution in [0.25, 0.3) is 5.65 Å². The minimum absolute atomic E-state index is 0.0218. The van der Waals surface area contributed by atoms with E-state index < -0.39 is 61.7 Å². The van der Waals surface area contributed by atoms with Crippen molar-refractivity contribution in [2.24, 2.45) is 5.92 Å². The molecule has 4 heterocycles. The average molecular weight is 458 g/mol. The number of carbonyl (C=O) groups excluding carboxylic acids is 3. The van der Waals surface area contributed by atoms with Crippen molar-refractivity contribution < 1.29 is 36.7 Å². The zero-order valence-electron chi connectivity index (χ0n) is 16.4. The quantitative estimate of drug-likeness (QED) is 0.488. The van der Waals surface area contributed by atoms with Crippen LogP contribution in [0.1, 0.15) is 18.0 Å². The Morgan fingerprint density at radius 3 is 2.84 bits per heavy atom. The Bertz CT molecular complexity index is 1060. The molecule has 0 saturated carbocycles. The molecule has 2 N–H and O–H groups in total. The van der Waals surface area contributed by atoms with Gasteiger partial charge in [-0.15, -0.1) is 0 Å². The Labute approximate surface area is 177 Å². The molecule has 3 amide bonds. The SMILES string of the molecule is O=C1NCC(c2cc(N3CC(CC(=O)OCC(F)F)C(F)(F)C3)c3nccn3n2)C(=O)N1. The zero-order chi connectivity index (χ0) is 23.0. The van der Waals surface area contributed by atoms with E-state index in [0.717, 1.165) is 0 Å². The van der Waals surface area contributed by atoms with Gasteiger partial charge in [0.1, 0.15) is 0 Å². The lowest BCUT2D eigenvalue weighted by molar-refractivity contribution is -0.151. The topological polar surface area (TPSA) is 118 Å². The molecule has 0 aromatic carbocycles. The molecule has 0 spiro atoms. The number of aromatic nitrogens is 3. The van der Waals surface area contributed by atoms with Gasteiger partial charge >= 0.3 is 12.0 Å². The number of nitrogens with zero attached hydrogens (tertiary/aromatic N) is 4. The molecular weight excluding hydrogens is 440 g/mol. The van der Waals surface area contributed by atoms with E-state index in [1.54, 1.807) is 0 Å². The Balaban J connectivity index is 1.59. The van der Waals surface area contributed by atoms with Crippen LogP contribution in [0.5, 0.6) is 0 Å². The average Bonchev–Trinajstić information content (AvgIpc) is 3.29. The lowest BCUT2D eigenvalue weighted by Gasteiger charge is -2.24. The number of urea groups is 1. The Morgan fingerprint density at radius 2 is 2.12 bits per heavy atom. The molecule has 0 aliphatic carbocycles. The van der Waals surface area contributed by atoms with Crippen LogP contribution in [0, 0.1) is 5.92 Å². The molecule has 2 aliphatic rings. The monoisotopic (exact) mass is 458 g/mol. The number of anilines is 1. The van der Waals surface area contributed by atoms with Crippen LogP contribution in [0.2, 0.25) is 0 Å². The van der Waals surface area contributed by atoms with Gasteiger partial charge in [0.2, 0.25) is 5.91 Å². The maximum Gasteiger partial charge on any atom is 0.321 e. The second-order valence-corrected chi connectivity index (χ2v) is 7.52. The van der Waals surface area contributed by atoms with Crippen molar-refractivity contribution in [2.45, 2.75) is 24.7 Å². The van der Waals surface area contributed by atoms with E-state index in [4.69, 9.17) is 0 Å². The molecule has 4 rings (SSSR count). The molecule has 14 heteroatoms. The number of imidazole rings is 1. The van der Waals surface area contributed by atoms with Gasteiger partial charge in [-0.2, -0.15) is 5.10 Å². The van der Waals surface area contributed by atoms with Gasteiger partial charge in [0.05, 0.1) is 36.2 Å². The Morgan fingerprint density at radius 1 is 1.34 bits per heavy atom. The third-order valence-corrected chi connectivity index (χ3v) is 5.30. The van der Waals surface area contributed by atoms with Gasteiger partial charge in [0, 0.05) is 25.5 Å². The van der Waals surface area contributed by atoms with Crippen molar-refractivity contribution in [2.75, 3.05) is 31.1 Å². The van der Waals surface area contributed by atoms with Crippen LogP contribution in [0.4, 0.5) is 28.0 Å². The number of ether oxygens (including phenoxy) is 1. The zero-order valence-corrected chi connectivity index (χ0v) is 16.4. The minimum atomic E-state index is -3.30. The summed E-state index contributed by atoms with van der Waals surface area (Å²) in [5.74, 6) is -7.32. The van der Waals surface area contributed by atoms with E-state index in [2.05, 4.69) is 25.5 Å². The summed E-state index contributed by atoms with van der Waals surface area (Å²) in [7, 11) is 0. The highest BCUT2D eigenvalue weighted by Crippen LogP contribution is 2.39. The van der Waals surface area contributed by atoms with Crippen molar-refractivity contribution in [3.63, 3.8) is 0 Å². The van der Waals surface area contributed by atoms with E-state index in [1.165, 1.54) is 27.9 Å². The molecule has 2 atom stereocenters. The van der Waals surface area contributed by atoms with Gasteiger partial charge in [-0.3, -0.25) is 14.9 Å². The number of rotatable bonds is 6. The number of alkyl halides is 4.